The van der Waals surface area contributed by atoms with Crippen LogP contribution in [0, 0.1) is 0 Å². The summed E-state index contributed by atoms with van der Waals surface area (Å²) in [5.74, 6) is 0. The Bertz CT molecular complexity index is 3230. The van der Waals surface area contributed by atoms with E-state index in [1.165, 1.54) is 120 Å². The minimum atomic E-state index is 0.924. The lowest BCUT2D eigenvalue weighted by atomic mass is 9.59. The van der Waals surface area contributed by atoms with Gasteiger partial charge < -0.3 is 4.42 Å². The zero-order valence-corrected chi connectivity index (χ0v) is 33.0. The highest BCUT2D eigenvalue weighted by molar-refractivity contribution is 6.71. The average Bonchev–Trinajstić information content (AvgIpc) is 3.60. The van der Waals surface area contributed by atoms with E-state index in [0.29, 0.717) is 0 Å². The van der Waals surface area contributed by atoms with Gasteiger partial charge in [-0.25, -0.2) is 0 Å². The van der Waals surface area contributed by atoms with Crippen LogP contribution in [0.5, 0.6) is 0 Å². The zero-order chi connectivity index (χ0) is 37.9. The van der Waals surface area contributed by atoms with Crippen LogP contribution in [0.25, 0.3) is 98.4 Å². The van der Waals surface area contributed by atoms with E-state index in [2.05, 4.69) is 184 Å². The maximum atomic E-state index is 6.35. The highest BCUT2D eigenvalue weighted by atomic mass is 16.3. The Morgan fingerprint density at radius 2 is 0.782 bits per heavy atom. The molecule has 0 saturated carbocycles. The van der Waals surface area contributed by atoms with Gasteiger partial charge in [-0.15, -0.1) is 21.9 Å². The summed E-state index contributed by atoms with van der Waals surface area (Å²) in [4.78, 5) is 0. The van der Waals surface area contributed by atoms with Crippen LogP contribution >= 0.6 is 0 Å². The second-order valence-corrected chi connectivity index (χ2v) is 15.8. The number of fused-ring (bicyclic) bond motifs is 7. The zero-order valence-electron chi connectivity index (χ0n) is 33.0. The third-order valence-corrected chi connectivity index (χ3v) is 13.3. The van der Waals surface area contributed by atoms with Crippen LogP contribution < -0.4 is 43.7 Å². The SMILES string of the molecule is Bc1c(B)c(B)c2c(-c3ccc(-c4ccc5ccccc5c4)c4ccccc34)c3c(B)c(B)c(B)c(B)c3c(-c3ccc4oc5ccccc5c4c3)c2c1B. The third-order valence-electron chi connectivity index (χ3n) is 13.3. The predicted molar refractivity (Wildman–Crippen MR) is 265 cm³/mol. The van der Waals surface area contributed by atoms with E-state index in [-0.39, 0.29) is 0 Å². The van der Waals surface area contributed by atoms with Gasteiger partial charge in [0.25, 0.3) is 0 Å². The molecule has 0 aliphatic heterocycles. The average molecular weight is 691 g/mol. The molecule has 250 valence electrons. The fourth-order valence-corrected chi connectivity index (χ4v) is 9.69. The number of hydrogen-bond donors (Lipinski definition) is 0. The molecule has 0 saturated heterocycles. The van der Waals surface area contributed by atoms with Crippen molar-refractivity contribution >= 4 is 172 Å². The topological polar surface area (TPSA) is 13.1 Å². The van der Waals surface area contributed by atoms with Crippen molar-refractivity contribution in [2.75, 3.05) is 0 Å². The predicted octanol–water partition coefficient (Wildman–Crippen LogP) is -0.733. The molecule has 0 bridgehead atoms. The van der Waals surface area contributed by atoms with Gasteiger partial charge in [-0.2, -0.15) is 0 Å². The Hall–Kier alpha value is -5.66. The molecule has 0 atom stereocenters. The largest absolute Gasteiger partial charge is 0.456 e. The van der Waals surface area contributed by atoms with Crippen LogP contribution in [0.15, 0.2) is 126 Å². The summed E-state index contributed by atoms with van der Waals surface area (Å²) in [6.45, 7) is 0. The lowest BCUT2D eigenvalue weighted by Gasteiger charge is -2.28. The summed E-state index contributed by atoms with van der Waals surface area (Å²) < 4.78 is 6.35. The molecular weight excluding hydrogens is 655 g/mol. The molecule has 10 rings (SSSR count). The van der Waals surface area contributed by atoms with Gasteiger partial charge in [0.2, 0.25) is 0 Å². The lowest BCUT2D eigenvalue weighted by molar-refractivity contribution is 0.669. The molecular formula is C46H36B8O. The maximum absolute atomic E-state index is 6.35. The van der Waals surface area contributed by atoms with Gasteiger partial charge in [-0.05, 0) is 101 Å². The minimum Gasteiger partial charge on any atom is -0.456 e. The first-order chi connectivity index (χ1) is 26.6. The first-order valence-electron chi connectivity index (χ1n) is 19.5. The second-order valence-electron chi connectivity index (χ2n) is 15.8. The van der Waals surface area contributed by atoms with Crippen molar-refractivity contribution in [1.29, 1.82) is 0 Å². The molecule has 0 radical (unpaired) electrons. The van der Waals surface area contributed by atoms with Gasteiger partial charge in [-0.1, -0.05) is 119 Å². The first kappa shape index (κ1) is 33.9. The minimum absolute atomic E-state index is 0.924. The van der Waals surface area contributed by atoms with E-state index in [1.54, 1.807) is 0 Å². The van der Waals surface area contributed by atoms with Gasteiger partial charge in [-0.3, -0.25) is 0 Å². The van der Waals surface area contributed by atoms with Gasteiger partial charge >= 0.3 is 0 Å². The van der Waals surface area contributed by atoms with Crippen molar-refractivity contribution in [2.45, 2.75) is 0 Å². The lowest BCUT2D eigenvalue weighted by Crippen LogP contribution is -2.50. The molecule has 0 fully saturated rings. The van der Waals surface area contributed by atoms with Crippen molar-refractivity contribution in [3.8, 4) is 33.4 Å². The first-order valence-corrected chi connectivity index (χ1v) is 19.5. The molecule has 1 heterocycles. The highest BCUT2D eigenvalue weighted by Crippen LogP contribution is 2.45. The summed E-state index contributed by atoms with van der Waals surface area (Å²) in [5, 5.41) is 12.8. The standard InChI is InChI=1S/C46H36B8O/c47-39-35-33(24-15-18-32-30(20-24)28-11-5-6-12-31(28)55-32)36-38(42(50)46(54)44(52)40(36)48)34(37(35)41(49)45(53)43(39)51)29-17-16-25(26-9-3-4-10-27(26)29)23-14-13-21-7-1-2-8-22(21)19-23/h1-20H,47-54H2. The Morgan fingerprint density at radius 1 is 0.309 bits per heavy atom. The summed E-state index contributed by atoms with van der Waals surface area (Å²) in [5.41, 5.74) is 20.4. The van der Waals surface area contributed by atoms with Gasteiger partial charge in [0, 0.05) is 10.8 Å². The van der Waals surface area contributed by atoms with Gasteiger partial charge in [0.05, 0.1) is 0 Å². The van der Waals surface area contributed by atoms with Crippen molar-refractivity contribution in [1.82, 2.24) is 0 Å². The summed E-state index contributed by atoms with van der Waals surface area (Å²) in [7, 11) is 18.6. The Kier molecular flexibility index (Phi) is 7.66. The second kappa shape index (κ2) is 12.4. The number of para-hydroxylation sites is 1. The van der Waals surface area contributed by atoms with Gasteiger partial charge in [0.1, 0.15) is 73.9 Å². The smallest absolute Gasteiger partial charge is 0.139 e. The quantitative estimate of drug-likeness (QED) is 0.176. The van der Waals surface area contributed by atoms with Crippen LogP contribution in [0.4, 0.5) is 0 Å². The van der Waals surface area contributed by atoms with Crippen molar-refractivity contribution in [3.05, 3.63) is 121 Å². The molecule has 9 aromatic carbocycles. The molecule has 1 aromatic heterocycles. The number of rotatable bonds is 3. The van der Waals surface area contributed by atoms with E-state index in [0.717, 1.165) is 21.9 Å². The fraction of sp³-hybridized carbons (Fsp3) is 0. The Morgan fingerprint density at radius 3 is 1.42 bits per heavy atom. The van der Waals surface area contributed by atoms with Crippen LogP contribution in [0.3, 0.4) is 0 Å². The molecule has 0 unspecified atom stereocenters. The third kappa shape index (κ3) is 4.85. The molecule has 0 spiro atoms. The van der Waals surface area contributed by atoms with E-state index in [9.17, 15) is 0 Å². The molecule has 0 amide bonds. The molecule has 55 heavy (non-hydrogen) atoms. The van der Waals surface area contributed by atoms with Crippen LogP contribution in [0.2, 0.25) is 0 Å². The molecule has 1 nitrogen and oxygen atoms in total. The van der Waals surface area contributed by atoms with Crippen LogP contribution in [-0.2, 0) is 0 Å². The van der Waals surface area contributed by atoms with E-state index in [1.807, 2.05) is 0 Å². The monoisotopic (exact) mass is 692 g/mol. The van der Waals surface area contributed by atoms with Crippen molar-refractivity contribution < 1.29 is 4.42 Å². The van der Waals surface area contributed by atoms with E-state index >= 15 is 0 Å². The molecule has 10 aromatic rings. The molecule has 9 heteroatoms. The maximum Gasteiger partial charge on any atom is 0.139 e. The van der Waals surface area contributed by atoms with Gasteiger partial charge in [0.15, 0.2) is 0 Å². The Labute approximate surface area is 329 Å². The number of hydrogen-bond acceptors (Lipinski definition) is 1. The summed E-state index contributed by atoms with van der Waals surface area (Å²) in [6.07, 6.45) is 0. The molecule has 0 aliphatic rings. The van der Waals surface area contributed by atoms with E-state index < -0.39 is 0 Å². The van der Waals surface area contributed by atoms with Crippen molar-refractivity contribution in [3.63, 3.8) is 0 Å². The fourth-order valence-electron chi connectivity index (χ4n) is 9.69. The number of benzene rings is 9. The summed E-state index contributed by atoms with van der Waals surface area (Å²) >= 11 is 0. The summed E-state index contributed by atoms with van der Waals surface area (Å²) in [6, 6.07) is 44.6. The van der Waals surface area contributed by atoms with Crippen molar-refractivity contribution in [2.24, 2.45) is 0 Å². The van der Waals surface area contributed by atoms with E-state index in [4.69, 9.17) is 4.42 Å². The van der Waals surface area contributed by atoms with Crippen LogP contribution in [-0.4, -0.2) is 62.8 Å². The Balaban J connectivity index is 1.40. The molecule has 0 aliphatic carbocycles. The normalized spacial score (nSPS) is 11.9. The number of furan rings is 1. The highest BCUT2D eigenvalue weighted by Gasteiger charge is 2.26. The van der Waals surface area contributed by atoms with Crippen LogP contribution in [0.1, 0.15) is 0 Å². The molecule has 0 N–H and O–H groups in total.